The summed E-state index contributed by atoms with van der Waals surface area (Å²) in [5, 5.41) is 0. The Hall–Kier alpha value is -1.11. The fraction of sp³-hybridized carbons (Fsp3) is 0.538. The normalized spacial score (nSPS) is 21.2. The molecule has 0 aromatic heterocycles. The lowest BCUT2D eigenvalue weighted by molar-refractivity contribution is 0.0729. The summed E-state index contributed by atoms with van der Waals surface area (Å²) >= 11 is 0. The topological polar surface area (TPSA) is 49.9 Å². The quantitative estimate of drug-likeness (QED) is 0.813. The number of nitrogens with zero attached hydrogens (tertiary/aromatic N) is 2. The van der Waals surface area contributed by atoms with E-state index < -0.39 is 10.2 Å². The number of anilines is 1. The monoisotopic (exact) mass is 282 g/mol. The smallest absolute Gasteiger partial charge is 0.304 e. The fourth-order valence-corrected chi connectivity index (χ4v) is 4.33. The maximum Gasteiger partial charge on any atom is 0.304 e. The van der Waals surface area contributed by atoms with E-state index in [0.717, 1.165) is 24.1 Å². The minimum Gasteiger partial charge on any atom is -0.379 e. The number of morpholine rings is 1. The molecule has 5 nitrogen and oxygen atoms in total. The average Bonchev–Trinajstić information content (AvgIpc) is 2.47. The zero-order chi connectivity index (χ0) is 13.3. The molecule has 0 aliphatic carbocycles. The Morgan fingerprint density at radius 3 is 2.58 bits per heavy atom. The highest BCUT2D eigenvalue weighted by atomic mass is 32.2. The van der Waals surface area contributed by atoms with Gasteiger partial charge in [-0.25, -0.2) is 0 Å². The number of hydrogen-bond donors (Lipinski definition) is 0. The molecule has 0 radical (unpaired) electrons. The summed E-state index contributed by atoms with van der Waals surface area (Å²) in [5.41, 5.74) is 1.95. The second-order valence-corrected chi connectivity index (χ2v) is 6.68. The Bertz CT molecular complexity index is 553. The van der Waals surface area contributed by atoms with Crippen LogP contribution in [-0.2, 0) is 21.4 Å². The van der Waals surface area contributed by atoms with Crippen LogP contribution in [0.4, 0.5) is 5.69 Å². The second kappa shape index (κ2) is 5.11. The summed E-state index contributed by atoms with van der Waals surface area (Å²) < 4.78 is 33.7. The number of hydrogen-bond acceptors (Lipinski definition) is 3. The highest BCUT2D eigenvalue weighted by molar-refractivity contribution is 7.90. The van der Waals surface area contributed by atoms with E-state index in [9.17, 15) is 8.42 Å². The van der Waals surface area contributed by atoms with Crippen LogP contribution in [0.25, 0.3) is 0 Å². The van der Waals surface area contributed by atoms with E-state index in [2.05, 4.69) is 0 Å². The van der Waals surface area contributed by atoms with E-state index in [-0.39, 0.29) is 0 Å². The maximum absolute atomic E-state index is 12.7. The average molecular weight is 282 g/mol. The molecule has 0 saturated carbocycles. The molecule has 0 bridgehead atoms. The molecule has 0 amide bonds. The molecule has 0 unspecified atom stereocenters. The fourth-order valence-electron chi connectivity index (χ4n) is 2.66. The molecule has 1 fully saturated rings. The number of benzene rings is 1. The molecule has 1 saturated heterocycles. The number of aryl methyl sites for hydroxylation is 1. The molecule has 2 aliphatic rings. The predicted octanol–water partition coefficient (Wildman–Crippen LogP) is 1.02. The molecule has 0 N–H and O–H groups in total. The summed E-state index contributed by atoms with van der Waals surface area (Å²) in [6.07, 6.45) is 1.83. The lowest BCUT2D eigenvalue weighted by Crippen LogP contribution is -2.50. The van der Waals surface area contributed by atoms with Gasteiger partial charge in [-0.05, 0) is 24.5 Å². The van der Waals surface area contributed by atoms with Gasteiger partial charge in [0.05, 0.1) is 18.9 Å². The molecule has 6 heteroatoms. The molecule has 104 valence electrons. The summed E-state index contributed by atoms with van der Waals surface area (Å²) in [5.74, 6) is 0. The molecule has 3 rings (SSSR count). The van der Waals surface area contributed by atoms with Crippen LogP contribution in [0.15, 0.2) is 24.3 Å². The Morgan fingerprint density at radius 1 is 1.05 bits per heavy atom. The number of para-hydroxylation sites is 1. The molecule has 1 aromatic rings. The minimum atomic E-state index is -3.41. The predicted molar refractivity (Wildman–Crippen MR) is 73.4 cm³/mol. The van der Waals surface area contributed by atoms with E-state index in [1.165, 1.54) is 4.31 Å². The van der Waals surface area contributed by atoms with Crippen molar-refractivity contribution in [2.75, 3.05) is 37.2 Å². The van der Waals surface area contributed by atoms with Gasteiger partial charge in [-0.3, -0.25) is 4.31 Å². The molecule has 2 aliphatic heterocycles. The Morgan fingerprint density at radius 2 is 1.79 bits per heavy atom. The van der Waals surface area contributed by atoms with Crippen LogP contribution in [-0.4, -0.2) is 45.6 Å². The van der Waals surface area contributed by atoms with Crippen molar-refractivity contribution in [3.8, 4) is 0 Å². The van der Waals surface area contributed by atoms with E-state index in [1.54, 1.807) is 4.31 Å². The van der Waals surface area contributed by atoms with Gasteiger partial charge >= 0.3 is 10.2 Å². The van der Waals surface area contributed by atoms with Crippen molar-refractivity contribution < 1.29 is 13.2 Å². The van der Waals surface area contributed by atoms with E-state index in [4.69, 9.17) is 4.74 Å². The summed E-state index contributed by atoms with van der Waals surface area (Å²) in [7, 11) is -3.41. The van der Waals surface area contributed by atoms with Gasteiger partial charge in [0.1, 0.15) is 0 Å². The Balaban J connectivity index is 1.94. The van der Waals surface area contributed by atoms with Gasteiger partial charge in [-0.1, -0.05) is 18.2 Å². The van der Waals surface area contributed by atoms with Crippen LogP contribution in [0.3, 0.4) is 0 Å². The van der Waals surface area contributed by atoms with Crippen LogP contribution in [0.2, 0.25) is 0 Å². The van der Waals surface area contributed by atoms with E-state index >= 15 is 0 Å². The third kappa shape index (κ3) is 2.35. The maximum atomic E-state index is 12.7. The molecule has 19 heavy (non-hydrogen) atoms. The zero-order valence-corrected chi connectivity index (χ0v) is 11.6. The van der Waals surface area contributed by atoms with Crippen LogP contribution < -0.4 is 4.31 Å². The molecular formula is C13H18N2O3S. The summed E-state index contributed by atoms with van der Waals surface area (Å²) in [6.45, 7) is 2.42. The van der Waals surface area contributed by atoms with Crippen molar-refractivity contribution >= 4 is 15.9 Å². The van der Waals surface area contributed by atoms with E-state index in [1.807, 2.05) is 24.3 Å². The largest absolute Gasteiger partial charge is 0.379 e. The third-order valence-electron chi connectivity index (χ3n) is 3.64. The van der Waals surface area contributed by atoms with Crippen molar-refractivity contribution in [2.24, 2.45) is 0 Å². The van der Waals surface area contributed by atoms with Crippen LogP contribution in [0, 0.1) is 0 Å². The highest BCUT2D eigenvalue weighted by Crippen LogP contribution is 2.30. The molecule has 0 spiro atoms. The third-order valence-corrected chi connectivity index (χ3v) is 5.60. The Labute approximate surface area is 114 Å². The Kier molecular flexibility index (Phi) is 3.47. The van der Waals surface area contributed by atoms with Crippen molar-refractivity contribution in [2.45, 2.75) is 12.8 Å². The first kappa shape index (κ1) is 12.9. The molecular weight excluding hydrogens is 264 g/mol. The summed E-state index contributed by atoms with van der Waals surface area (Å²) in [6, 6.07) is 7.76. The first-order chi connectivity index (χ1) is 9.19. The highest BCUT2D eigenvalue weighted by Gasteiger charge is 2.33. The molecule has 1 aromatic carbocycles. The first-order valence-electron chi connectivity index (χ1n) is 6.63. The van der Waals surface area contributed by atoms with Crippen LogP contribution in [0.1, 0.15) is 12.0 Å². The van der Waals surface area contributed by atoms with Crippen molar-refractivity contribution in [3.05, 3.63) is 29.8 Å². The minimum absolute atomic E-state index is 0.445. The van der Waals surface area contributed by atoms with Crippen molar-refractivity contribution in [1.29, 1.82) is 0 Å². The number of fused-ring (bicyclic) bond motifs is 1. The van der Waals surface area contributed by atoms with Crippen LogP contribution >= 0.6 is 0 Å². The second-order valence-electron chi connectivity index (χ2n) is 4.82. The first-order valence-corrected chi connectivity index (χ1v) is 8.03. The SMILES string of the molecule is O=S(=O)(N1CCOCC1)N1CCCc2ccccc21. The lowest BCUT2D eigenvalue weighted by atomic mass is 10.0. The van der Waals surface area contributed by atoms with Gasteiger partial charge in [-0.15, -0.1) is 0 Å². The van der Waals surface area contributed by atoms with E-state index in [0.29, 0.717) is 32.8 Å². The van der Waals surface area contributed by atoms with Crippen molar-refractivity contribution in [3.63, 3.8) is 0 Å². The number of ether oxygens (including phenoxy) is 1. The van der Waals surface area contributed by atoms with Crippen molar-refractivity contribution in [1.82, 2.24) is 4.31 Å². The molecule has 2 heterocycles. The van der Waals surface area contributed by atoms with Gasteiger partial charge in [0.2, 0.25) is 0 Å². The standard InChI is InChI=1S/C13H18N2O3S/c16-19(17,14-8-10-18-11-9-14)15-7-3-5-12-4-1-2-6-13(12)15/h1-2,4,6H,3,5,7-11H2. The molecule has 0 atom stereocenters. The summed E-state index contributed by atoms with van der Waals surface area (Å²) in [4.78, 5) is 0. The van der Waals surface area contributed by atoms with Gasteiger partial charge in [0.15, 0.2) is 0 Å². The van der Waals surface area contributed by atoms with Gasteiger partial charge in [0, 0.05) is 19.6 Å². The van der Waals surface area contributed by atoms with Gasteiger partial charge < -0.3 is 4.74 Å². The van der Waals surface area contributed by atoms with Gasteiger partial charge in [-0.2, -0.15) is 12.7 Å². The zero-order valence-electron chi connectivity index (χ0n) is 10.8. The number of rotatable bonds is 2. The lowest BCUT2D eigenvalue weighted by Gasteiger charge is -2.36. The van der Waals surface area contributed by atoms with Gasteiger partial charge in [0.25, 0.3) is 0 Å². The van der Waals surface area contributed by atoms with Crippen LogP contribution in [0.5, 0.6) is 0 Å².